The van der Waals surface area contributed by atoms with Crippen LogP contribution in [0.3, 0.4) is 0 Å². The number of rotatable bonds is 2. The van der Waals surface area contributed by atoms with E-state index >= 15 is 0 Å². The summed E-state index contributed by atoms with van der Waals surface area (Å²) in [5, 5.41) is 5.61. The first-order valence-corrected chi connectivity index (χ1v) is 7.60. The molecule has 0 unspecified atom stereocenters. The van der Waals surface area contributed by atoms with Gasteiger partial charge >= 0.3 is 5.63 Å². The average molecular weight is 326 g/mol. The van der Waals surface area contributed by atoms with Crippen LogP contribution in [-0.4, -0.2) is 5.71 Å². The second-order valence-electron chi connectivity index (χ2n) is 5.37. The average Bonchev–Trinajstić information content (AvgIpc) is 3.04. The van der Waals surface area contributed by atoms with Crippen LogP contribution in [0.2, 0.25) is 5.02 Å². The monoisotopic (exact) mass is 325 g/mol. The van der Waals surface area contributed by atoms with Crippen molar-refractivity contribution >= 4 is 28.3 Å². The second kappa shape index (κ2) is 5.56. The maximum Gasteiger partial charge on any atom is 0.345 e. The molecule has 114 valence electrons. The number of hydrogen-bond donors (Lipinski definition) is 0. The maximum absolute atomic E-state index is 12.2. The minimum atomic E-state index is -0.400. The Kier molecular flexibility index (Phi) is 3.39. The topological polar surface area (TPSA) is 51.8 Å². The van der Waals surface area contributed by atoms with E-state index in [-0.39, 0.29) is 6.10 Å². The third-order valence-electron chi connectivity index (χ3n) is 3.86. The SMILES string of the molecule is O=c1oc2ccccc2cc1C1=NO[C@H](c2ccc(Cl)cc2)C1. The number of nitrogens with zero attached hydrogens (tertiary/aromatic N) is 1. The van der Waals surface area contributed by atoms with Gasteiger partial charge in [0.05, 0.1) is 11.3 Å². The molecule has 0 saturated carbocycles. The van der Waals surface area contributed by atoms with Gasteiger partial charge in [-0.05, 0) is 29.8 Å². The van der Waals surface area contributed by atoms with Gasteiger partial charge in [0.1, 0.15) is 5.58 Å². The molecule has 1 aromatic heterocycles. The van der Waals surface area contributed by atoms with Gasteiger partial charge in [0.15, 0.2) is 6.10 Å². The number of para-hydroxylation sites is 1. The summed E-state index contributed by atoms with van der Waals surface area (Å²) in [6.45, 7) is 0. The summed E-state index contributed by atoms with van der Waals surface area (Å²) in [7, 11) is 0. The minimum absolute atomic E-state index is 0.215. The Morgan fingerprint density at radius 2 is 1.87 bits per heavy atom. The van der Waals surface area contributed by atoms with Gasteiger partial charge in [-0.2, -0.15) is 0 Å². The van der Waals surface area contributed by atoms with Gasteiger partial charge in [0.2, 0.25) is 0 Å². The van der Waals surface area contributed by atoms with Crippen LogP contribution in [0, 0.1) is 0 Å². The standard InChI is InChI=1S/C18H12ClNO3/c19-13-7-5-11(6-8-13)17-10-15(20-23-17)14-9-12-3-1-2-4-16(12)22-18(14)21/h1-9,17H,10H2/t17-/m0/s1. The van der Waals surface area contributed by atoms with Gasteiger partial charge in [0, 0.05) is 16.8 Å². The first kappa shape index (κ1) is 14.0. The highest BCUT2D eigenvalue weighted by molar-refractivity contribution is 6.30. The molecule has 2 heterocycles. The highest BCUT2D eigenvalue weighted by atomic mass is 35.5. The van der Waals surface area contributed by atoms with Crippen LogP contribution in [-0.2, 0) is 4.84 Å². The van der Waals surface area contributed by atoms with E-state index in [9.17, 15) is 4.79 Å². The lowest BCUT2D eigenvalue weighted by Crippen LogP contribution is -2.13. The van der Waals surface area contributed by atoms with E-state index in [2.05, 4.69) is 5.16 Å². The van der Waals surface area contributed by atoms with E-state index in [1.807, 2.05) is 42.5 Å². The van der Waals surface area contributed by atoms with E-state index in [0.29, 0.717) is 28.3 Å². The van der Waals surface area contributed by atoms with Gasteiger partial charge in [-0.3, -0.25) is 0 Å². The van der Waals surface area contributed by atoms with Crippen molar-refractivity contribution in [2.24, 2.45) is 5.16 Å². The summed E-state index contributed by atoms with van der Waals surface area (Å²) in [6.07, 6.45) is 0.304. The van der Waals surface area contributed by atoms with Crippen LogP contribution in [0.15, 0.2) is 69.0 Å². The van der Waals surface area contributed by atoms with E-state index < -0.39 is 5.63 Å². The molecule has 1 aliphatic heterocycles. The Bertz CT molecular complexity index is 960. The number of fused-ring (bicyclic) bond motifs is 1. The van der Waals surface area contributed by atoms with Crippen LogP contribution in [0.5, 0.6) is 0 Å². The minimum Gasteiger partial charge on any atom is -0.422 e. The van der Waals surface area contributed by atoms with Crippen LogP contribution in [0.4, 0.5) is 0 Å². The van der Waals surface area contributed by atoms with Crippen molar-refractivity contribution < 1.29 is 9.25 Å². The number of hydrogen-bond acceptors (Lipinski definition) is 4. The van der Waals surface area contributed by atoms with Crippen molar-refractivity contribution in [3.8, 4) is 0 Å². The molecule has 0 radical (unpaired) electrons. The molecule has 1 aliphatic rings. The molecule has 0 saturated heterocycles. The van der Waals surface area contributed by atoms with Crippen LogP contribution in [0.1, 0.15) is 23.7 Å². The molecule has 0 spiro atoms. The van der Waals surface area contributed by atoms with E-state index in [0.717, 1.165) is 10.9 Å². The predicted octanol–water partition coefficient (Wildman–Crippen LogP) is 4.31. The molecule has 23 heavy (non-hydrogen) atoms. The van der Waals surface area contributed by atoms with Gasteiger partial charge in [0.25, 0.3) is 0 Å². The third kappa shape index (κ3) is 2.62. The summed E-state index contributed by atoms with van der Waals surface area (Å²) < 4.78 is 5.35. The highest BCUT2D eigenvalue weighted by Crippen LogP contribution is 2.30. The molecular weight excluding hydrogens is 314 g/mol. The van der Waals surface area contributed by atoms with Crippen molar-refractivity contribution in [3.63, 3.8) is 0 Å². The van der Waals surface area contributed by atoms with Crippen molar-refractivity contribution in [1.29, 1.82) is 0 Å². The first-order chi connectivity index (χ1) is 11.2. The molecule has 5 heteroatoms. The Balaban J connectivity index is 1.66. The third-order valence-corrected chi connectivity index (χ3v) is 4.11. The van der Waals surface area contributed by atoms with Gasteiger partial charge in [-0.15, -0.1) is 0 Å². The van der Waals surface area contributed by atoms with Gasteiger partial charge in [-0.1, -0.05) is 47.1 Å². The van der Waals surface area contributed by atoms with Crippen LogP contribution in [0.25, 0.3) is 11.0 Å². The van der Waals surface area contributed by atoms with Crippen LogP contribution < -0.4 is 5.63 Å². The molecule has 1 atom stereocenters. The number of benzene rings is 2. The molecule has 0 N–H and O–H groups in total. The van der Waals surface area contributed by atoms with E-state index in [1.165, 1.54) is 0 Å². The molecule has 0 fully saturated rings. The van der Waals surface area contributed by atoms with Crippen molar-refractivity contribution in [2.45, 2.75) is 12.5 Å². The Morgan fingerprint density at radius 3 is 2.70 bits per heavy atom. The molecule has 0 bridgehead atoms. The largest absolute Gasteiger partial charge is 0.422 e. The first-order valence-electron chi connectivity index (χ1n) is 7.22. The Labute approximate surface area is 136 Å². The molecule has 2 aromatic carbocycles. The molecular formula is C18H12ClNO3. The summed E-state index contributed by atoms with van der Waals surface area (Å²) in [5.74, 6) is 0. The number of halogens is 1. The summed E-state index contributed by atoms with van der Waals surface area (Å²) >= 11 is 5.90. The van der Waals surface area contributed by atoms with Crippen molar-refractivity contribution in [2.75, 3.05) is 0 Å². The normalized spacial score (nSPS) is 17.1. The second-order valence-corrected chi connectivity index (χ2v) is 5.81. The zero-order chi connectivity index (χ0) is 15.8. The summed E-state index contributed by atoms with van der Waals surface area (Å²) in [4.78, 5) is 17.7. The lowest BCUT2D eigenvalue weighted by molar-refractivity contribution is 0.0857. The van der Waals surface area contributed by atoms with Crippen LogP contribution >= 0.6 is 11.6 Å². The lowest BCUT2D eigenvalue weighted by atomic mass is 10.0. The zero-order valence-corrected chi connectivity index (χ0v) is 12.8. The summed E-state index contributed by atoms with van der Waals surface area (Å²) in [5.41, 5.74) is 2.18. The Morgan fingerprint density at radius 1 is 1.09 bits per heavy atom. The quantitative estimate of drug-likeness (QED) is 0.660. The van der Waals surface area contributed by atoms with Gasteiger partial charge < -0.3 is 9.25 Å². The zero-order valence-electron chi connectivity index (χ0n) is 12.0. The van der Waals surface area contributed by atoms with Crippen molar-refractivity contribution in [3.05, 3.63) is 81.2 Å². The highest BCUT2D eigenvalue weighted by Gasteiger charge is 2.26. The fourth-order valence-electron chi connectivity index (χ4n) is 2.66. The lowest BCUT2D eigenvalue weighted by Gasteiger charge is -2.08. The molecule has 0 aliphatic carbocycles. The molecule has 0 amide bonds. The predicted molar refractivity (Wildman–Crippen MR) is 88.9 cm³/mol. The smallest absolute Gasteiger partial charge is 0.345 e. The molecule has 4 nitrogen and oxygen atoms in total. The fourth-order valence-corrected chi connectivity index (χ4v) is 2.78. The van der Waals surface area contributed by atoms with Gasteiger partial charge in [-0.25, -0.2) is 4.79 Å². The maximum atomic E-state index is 12.2. The van der Waals surface area contributed by atoms with Crippen molar-refractivity contribution in [1.82, 2.24) is 0 Å². The molecule has 3 aromatic rings. The Hall–Kier alpha value is -2.59. The fraction of sp³-hybridized carbons (Fsp3) is 0.111. The van der Waals surface area contributed by atoms with E-state index in [4.69, 9.17) is 20.9 Å². The number of oxime groups is 1. The molecule has 4 rings (SSSR count). The summed E-state index contributed by atoms with van der Waals surface area (Å²) in [6, 6.07) is 16.6. The van der Waals surface area contributed by atoms with E-state index in [1.54, 1.807) is 12.1 Å².